The van der Waals surface area contributed by atoms with Crippen molar-refractivity contribution in [1.29, 1.82) is 0 Å². The predicted molar refractivity (Wildman–Crippen MR) is 105 cm³/mol. The molecule has 136 valence electrons. The Morgan fingerprint density at radius 1 is 1.00 bits per heavy atom. The Bertz CT molecular complexity index is 1180. The van der Waals surface area contributed by atoms with Gasteiger partial charge in [-0.1, -0.05) is 42.1 Å². The smallest absolute Gasteiger partial charge is 0.266 e. The Labute approximate surface area is 160 Å². The second-order valence-corrected chi connectivity index (χ2v) is 7.24. The molecule has 0 radical (unpaired) electrons. The summed E-state index contributed by atoms with van der Waals surface area (Å²) in [7, 11) is 0. The van der Waals surface area contributed by atoms with E-state index in [0.29, 0.717) is 33.6 Å². The number of aromatic nitrogens is 4. The molecule has 0 bridgehead atoms. The Hall–Kier alpha value is -2.93. The average Bonchev–Trinajstić information content (AvgIpc) is 3.07. The lowest BCUT2D eigenvalue weighted by Gasteiger charge is -2.16. The second kappa shape index (κ2) is 7.00. The summed E-state index contributed by atoms with van der Waals surface area (Å²) in [5.74, 6) is 1.47. The Morgan fingerprint density at radius 2 is 1.74 bits per heavy atom. The number of fused-ring (bicyclic) bond motifs is 1. The minimum absolute atomic E-state index is 0.0813. The molecule has 2 aromatic carbocycles. The van der Waals surface area contributed by atoms with Gasteiger partial charge in [0.2, 0.25) is 11.8 Å². The van der Waals surface area contributed by atoms with E-state index in [-0.39, 0.29) is 5.56 Å². The summed E-state index contributed by atoms with van der Waals surface area (Å²) >= 11 is 1.41. The molecular weight excluding hydrogens is 360 g/mol. The Kier molecular flexibility index (Phi) is 4.53. The molecule has 0 aliphatic heterocycles. The maximum Gasteiger partial charge on any atom is 0.266 e. The molecule has 0 amide bonds. The molecule has 0 atom stereocenters. The molecule has 0 aliphatic carbocycles. The number of rotatable bonds is 4. The molecule has 0 saturated carbocycles. The first-order valence-electron chi connectivity index (χ1n) is 8.55. The van der Waals surface area contributed by atoms with E-state index >= 15 is 0 Å². The van der Waals surface area contributed by atoms with Crippen LogP contribution in [0, 0.1) is 20.8 Å². The highest BCUT2D eigenvalue weighted by Gasteiger charge is 2.17. The molecule has 0 unspecified atom stereocenters. The van der Waals surface area contributed by atoms with E-state index < -0.39 is 0 Å². The van der Waals surface area contributed by atoms with Gasteiger partial charge in [0.1, 0.15) is 0 Å². The van der Waals surface area contributed by atoms with Crippen LogP contribution < -0.4 is 5.56 Å². The SMILES string of the molecule is Cc1nnc(CSc2nc3ccccc3c(=O)n2-c2c(C)cccc2C)o1. The van der Waals surface area contributed by atoms with Crippen molar-refractivity contribution in [2.45, 2.75) is 31.7 Å². The van der Waals surface area contributed by atoms with Gasteiger partial charge in [-0.15, -0.1) is 10.2 Å². The van der Waals surface area contributed by atoms with Crippen molar-refractivity contribution in [2.24, 2.45) is 0 Å². The summed E-state index contributed by atoms with van der Waals surface area (Å²) in [6, 6.07) is 13.4. The lowest BCUT2D eigenvalue weighted by molar-refractivity contribution is 0.485. The van der Waals surface area contributed by atoms with Crippen LogP contribution in [0.4, 0.5) is 0 Å². The highest BCUT2D eigenvalue weighted by atomic mass is 32.2. The molecule has 0 N–H and O–H groups in total. The van der Waals surface area contributed by atoms with E-state index in [2.05, 4.69) is 10.2 Å². The number of thioether (sulfide) groups is 1. The van der Waals surface area contributed by atoms with E-state index in [1.54, 1.807) is 11.5 Å². The number of benzene rings is 2. The second-order valence-electron chi connectivity index (χ2n) is 6.30. The standard InChI is InChI=1S/C20H18N4O2S/c1-12-7-6-8-13(2)18(12)24-19(25)15-9-4-5-10-16(15)21-20(24)27-11-17-23-22-14(3)26-17/h4-10H,11H2,1-3H3. The van der Waals surface area contributed by atoms with Crippen molar-refractivity contribution in [3.63, 3.8) is 0 Å². The molecule has 6 nitrogen and oxygen atoms in total. The number of hydrogen-bond donors (Lipinski definition) is 0. The van der Waals surface area contributed by atoms with Crippen LogP contribution in [-0.4, -0.2) is 19.7 Å². The van der Waals surface area contributed by atoms with Crippen LogP contribution >= 0.6 is 11.8 Å². The van der Waals surface area contributed by atoms with Gasteiger partial charge in [-0.3, -0.25) is 9.36 Å². The molecule has 27 heavy (non-hydrogen) atoms. The quantitative estimate of drug-likeness (QED) is 0.395. The first kappa shape index (κ1) is 17.5. The lowest BCUT2D eigenvalue weighted by Crippen LogP contribution is -2.23. The van der Waals surface area contributed by atoms with Crippen molar-refractivity contribution in [3.8, 4) is 5.69 Å². The fourth-order valence-corrected chi connectivity index (χ4v) is 3.92. The van der Waals surface area contributed by atoms with E-state index in [9.17, 15) is 4.79 Å². The molecule has 2 heterocycles. The molecule has 4 rings (SSSR count). The van der Waals surface area contributed by atoms with E-state index in [4.69, 9.17) is 9.40 Å². The summed E-state index contributed by atoms with van der Waals surface area (Å²) in [5, 5.41) is 9.09. The van der Waals surface area contributed by atoms with Crippen LogP contribution in [0.5, 0.6) is 0 Å². The highest BCUT2D eigenvalue weighted by Crippen LogP contribution is 2.27. The van der Waals surface area contributed by atoms with Crippen molar-refractivity contribution in [2.75, 3.05) is 0 Å². The monoisotopic (exact) mass is 378 g/mol. The molecule has 2 aromatic heterocycles. The molecule has 4 aromatic rings. The van der Waals surface area contributed by atoms with E-state index in [0.717, 1.165) is 16.8 Å². The molecule has 0 spiro atoms. The van der Waals surface area contributed by atoms with Crippen molar-refractivity contribution < 1.29 is 4.42 Å². The fraction of sp³-hybridized carbons (Fsp3) is 0.200. The molecular formula is C20H18N4O2S. The summed E-state index contributed by atoms with van der Waals surface area (Å²) in [6.45, 7) is 5.75. The first-order valence-corrected chi connectivity index (χ1v) is 9.53. The number of para-hydroxylation sites is 2. The number of hydrogen-bond acceptors (Lipinski definition) is 6. The number of nitrogens with zero attached hydrogens (tertiary/aromatic N) is 4. The topological polar surface area (TPSA) is 73.8 Å². The summed E-state index contributed by atoms with van der Waals surface area (Å²) in [4.78, 5) is 18.1. The van der Waals surface area contributed by atoms with Gasteiger partial charge in [0.25, 0.3) is 5.56 Å². The number of aryl methyl sites for hydroxylation is 3. The third-order valence-corrected chi connectivity index (χ3v) is 5.22. The van der Waals surface area contributed by atoms with Gasteiger partial charge in [0.15, 0.2) is 5.16 Å². The molecule has 0 saturated heterocycles. The maximum atomic E-state index is 13.3. The van der Waals surface area contributed by atoms with E-state index in [1.165, 1.54) is 11.8 Å². The first-order chi connectivity index (χ1) is 13.0. The zero-order valence-electron chi connectivity index (χ0n) is 15.3. The fourth-order valence-electron chi connectivity index (χ4n) is 3.09. The average molecular weight is 378 g/mol. The van der Waals surface area contributed by atoms with Crippen molar-refractivity contribution >= 4 is 22.7 Å². The van der Waals surface area contributed by atoms with Gasteiger partial charge >= 0.3 is 0 Å². The Morgan fingerprint density at radius 3 is 2.44 bits per heavy atom. The van der Waals surface area contributed by atoms with E-state index in [1.807, 2.05) is 56.3 Å². The lowest BCUT2D eigenvalue weighted by atomic mass is 10.1. The van der Waals surface area contributed by atoms with Crippen LogP contribution in [-0.2, 0) is 5.75 Å². The minimum Gasteiger partial charge on any atom is -0.425 e. The van der Waals surface area contributed by atoms with Crippen LogP contribution in [0.1, 0.15) is 22.9 Å². The van der Waals surface area contributed by atoms with Gasteiger partial charge in [-0.05, 0) is 37.1 Å². The van der Waals surface area contributed by atoms with Crippen LogP contribution in [0.15, 0.2) is 56.8 Å². The van der Waals surface area contributed by atoms with Crippen LogP contribution in [0.2, 0.25) is 0 Å². The summed E-state index contributed by atoms with van der Waals surface area (Å²) in [6.07, 6.45) is 0. The maximum absolute atomic E-state index is 13.3. The van der Waals surface area contributed by atoms with Gasteiger partial charge in [0.05, 0.1) is 22.3 Å². The predicted octanol–water partition coefficient (Wildman–Crippen LogP) is 3.99. The molecule has 0 aliphatic rings. The highest BCUT2D eigenvalue weighted by molar-refractivity contribution is 7.98. The van der Waals surface area contributed by atoms with Gasteiger partial charge in [-0.2, -0.15) is 0 Å². The normalized spacial score (nSPS) is 11.2. The largest absolute Gasteiger partial charge is 0.425 e. The molecule has 7 heteroatoms. The minimum atomic E-state index is -0.0813. The third kappa shape index (κ3) is 3.26. The van der Waals surface area contributed by atoms with Crippen molar-refractivity contribution in [1.82, 2.24) is 19.7 Å². The van der Waals surface area contributed by atoms with Crippen LogP contribution in [0.3, 0.4) is 0 Å². The van der Waals surface area contributed by atoms with Crippen LogP contribution in [0.25, 0.3) is 16.6 Å². The van der Waals surface area contributed by atoms with Crippen molar-refractivity contribution in [3.05, 3.63) is 75.7 Å². The molecule has 0 fully saturated rings. The Balaban J connectivity index is 1.91. The zero-order valence-corrected chi connectivity index (χ0v) is 16.1. The summed E-state index contributed by atoms with van der Waals surface area (Å²) in [5.41, 5.74) is 3.50. The van der Waals surface area contributed by atoms with Gasteiger partial charge < -0.3 is 4.42 Å². The zero-order chi connectivity index (χ0) is 19.0. The summed E-state index contributed by atoms with van der Waals surface area (Å²) < 4.78 is 7.15. The van der Waals surface area contributed by atoms with Gasteiger partial charge in [0, 0.05) is 6.92 Å². The third-order valence-electron chi connectivity index (χ3n) is 4.30. The van der Waals surface area contributed by atoms with Gasteiger partial charge in [-0.25, -0.2) is 4.98 Å².